The number of rotatable bonds is 3. The van der Waals surface area contributed by atoms with Gasteiger partial charge in [-0.1, -0.05) is 12.1 Å². The van der Waals surface area contributed by atoms with Crippen molar-refractivity contribution in [2.24, 2.45) is 5.73 Å². The summed E-state index contributed by atoms with van der Waals surface area (Å²) in [6, 6.07) is 8.82. The van der Waals surface area contributed by atoms with Gasteiger partial charge in [-0.15, -0.1) is 0 Å². The van der Waals surface area contributed by atoms with Crippen LogP contribution in [0.4, 0.5) is 23.2 Å². The minimum Gasteiger partial charge on any atom is -0.368 e. The fraction of sp³-hybridized carbons (Fsp3) is 0.250. The van der Waals surface area contributed by atoms with Gasteiger partial charge in [-0.05, 0) is 30.3 Å². The standard InChI is InChI=1S/C20H16F4N4O2/c21-16-4-2-1-3-14(16)19(30)28-8-7-27(11-17(28)18(26)29)13-6-5-12(10-25)15(9-13)20(22,23)24/h1-6,9,17H,7-8,11H2,(H2,26,29). The van der Waals surface area contributed by atoms with Gasteiger partial charge >= 0.3 is 6.18 Å². The number of anilines is 1. The lowest BCUT2D eigenvalue weighted by Crippen LogP contribution is -2.60. The van der Waals surface area contributed by atoms with Gasteiger partial charge in [0, 0.05) is 25.3 Å². The summed E-state index contributed by atoms with van der Waals surface area (Å²) in [5.74, 6) is -2.35. The SMILES string of the molecule is N#Cc1ccc(N2CCN(C(=O)c3ccccc3F)C(C(N)=O)C2)cc1C(F)(F)F. The zero-order chi connectivity index (χ0) is 22.1. The van der Waals surface area contributed by atoms with Gasteiger partial charge in [0.2, 0.25) is 5.91 Å². The lowest BCUT2D eigenvalue weighted by Gasteiger charge is -2.41. The summed E-state index contributed by atoms with van der Waals surface area (Å²) in [6.07, 6.45) is -4.73. The summed E-state index contributed by atoms with van der Waals surface area (Å²) < 4.78 is 53.7. The summed E-state index contributed by atoms with van der Waals surface area (Å²) in [4.78, 5) is 27.3. The van der Waals surface area contributed by atoms with E-state index in [1.165, 1.54) is 35.2 Å². The Balaban J connectivity index is 1.89. The van der Waals surface area contributed by atoms with Gasteiger partial charge in [0.05, 0.1) is 22.8 Å². The van der Waals surface area contributed by atoms with E-state index < -0.39 is 41.0 Å². The molecule has 2 amide bonds. The molecule has 0 saturated carbocycles. The Labute approximate surface area is 169 Å². The average molecular weight is 420 g/mol. The number of primary amides is 1. The van der Waals surface area contributed by atoms with Crippen molar-refractivity contribution < 1.29 is 27.2 Å². The number of hydrogen-bond acceptors (Lipinski definition) is 4. The topological polar surface area (TPSA) is 90.4 Å². The molecule has 10 heteroatoms. The van der Waals surface area contributed by atoms with Crippen molar-refractivity contribution >= 4 is 17.5 Å². The first-order valence-corrected chi connectivity index (χ1v) is 8.84. The second kappa shape index (κ2) is 8.02. The van der Waals surface area contributed by atoms with E-state index in [2.05, 4.69) is 0 Å². The van der Waals surface area contributed by atoms with Crippen molar-refractivity contribution in [2.75, 3.05) is 24.5 Å². The third kappa shape index (κ3) is 4.05. The predicted octanol–water partition coefficient (Wildman–Crippen LogP) is 2.53. The number of halogens is 4. The number of nitriles is 1. The molecule has 3 rings (SSSR count). The lowest BCUT2D eigenvalue weighted by atomic mass is 10.0. The molecule has 1 atom stereocenters. The Hall–Kier alpha value is -3.61. The van der Waals surface area contributed by atoms with Crippen molar-refractivity contribution in [1.29, 1.82) is 5.26 Å². The monoisotopic (exact) mass is 420 g/mol. The fourth-order valence-electron chi connectivity index (χ4n) is 3.35. The summed E-state index contributed by atoms with van der Waals surface area (Å²) in [6.45, 7) is -0.131. The number of nitrogens with zero attached hydrogens (tertiary/aromatic N) is 3. The number of benzene rings is 2. The molecule has 156 valence electrons. The Kier molecular flexibility index (Phi) is 5.64. The van der Waals surface area contributed by atoms with Crippen LogP contribution in [-0.4, -0.2) is 42.4 Å². The molecule has 30 heavy (non-hydrogen) atoms. The molecule has 2 aromatic rings. The fourth-order valence-corrected chi connectivity index (χ4v) is 3.35. The summed E-state index contributed by atoms with van der Waals surface area (Å²) in [5, 5.41) is 8.92. The van der Waals surface area contributed by atoms with Crippen LogP contribution in [0.3, 0.4) is 0 Å². The molecule has 1 saturated heterocycles. The summed E-state index contributed by atoms with van der Waals surface area (Å²) >= 11 is 0. The first kappa shape index (κ1) is 21.1. The van der Waals surface area contributed by atoms with E-state index in [1.807, 2.05) is 0 Å². The Morgan fingerprint density at radius 1 is 1.13 bits per heavy atom. The second-order valence-corrected chi connectivity index (χ2v) is 6.68. The number of piperazine rings is 1. The lowest BCUT2D eigenvalue weighted by molar-refractivity contribution is -0.137. The normalized spacial score (nSPS) is 16.8. The molecule has 0 bridgehead atoms. The summed E-state index contributed by atoms with van der Waals surface area (Å²) in [7, 11) is 0. The highest BCUT2D eigenvalue weighted by Crippen LogP contribution is 2.35. The highest BCUT2D eigenvalue weighted by molar-refractivity contribution is 5.98. The molecule has 2 N–H and O–H groups in total. The van der Waals surface area contributed by atoms with Crippen LogP contribution in [0.5, 0.6) is 0 Å². The van der Waals surface area contributed by atoms with E-state index in [0.29, 0.717) is 0 Å². The van der Waals surface area contributed by atoms with Crippen LogP contribution in [0.1, 0.15) is 21.5 Å². The molecule has 0 spiro atoms. The highest BCUT2D eigenvalue weighted by Gasteiger charge is 2.37. The van der Waals surface area contributed by atoms with Gasteiger partial charge in [0.25, 0.3) is 5.91 Å². The number of alkyl halides is 3. The molecular weight excluding hydrogens is 404 g/mol. The molecule has 1 unspecified atom stereocenters. The number of nitrogens with two attached hydrogens (primary N) is 1. The van der Waals surface area contributed by atoms with Crippen LogP contribution in [0.25, 0.3) is 0 Å². The van der Waals surface area contributed by atoms with Gasteiger partial charge in [-0.3, -0.25) is 9.59 Å². The van der Waals surface area contributed by atoms with Crippen molar-refractivity contribution in [3.8, 4) is 6.07 Å². The Bertz CT molecular complexity index is 1030. The first-order valence-electron chi connectivity index (χ1n) is 8.84. The van der Waals surface area contributed by atoms with E-state index in [1.54, 1.807) is 0 Å². The van der Waals surface area contributed by atoms with Crippen LogP contribution in [-0.2, 0) is 11.0 Å². The molecule has 1 aliphatic rings. The molecule has 1 heterocycles. The largest absolute Gasteiger partial charge is 0.417 e. The van der Waals surface area contributed by atoms with E-state index in [9.17, 15) is 27.2 Å². The van der Waals surface area contributed by atoms with Gasteiger partial charge in [0.15, 0.2) is 0 Å². The van der Waals surface area contributed by atoms with E-state index in [0.717, 1.165) is 23.1 Å². The van der Waals surface area contributed by atoms with Crippen LogP contribution in [0, 0.1) is 17.1 Å². The molecule has 6 nitrogen and oxygen atoms in total. The van der Waals surface area contributed by atoms with Crippen molar-refractivity contribution in [3.05, 3.63) is 65.0 Å². The first-order chi connectivity index (χ1) is 14.1. The number of hydrogen-bond donors (Lipinski definition) is 1. The van der Waals surface area contributed by atoms with Crippen molar-refractivity contribution in [1.82, 2.24) is 4.90 Å². The van der Waals surface area contributed by atoms with Gasteiger partial charge in [-0.25, -0.2) is 4.39 Å². The van der Waals surface area contributed by atoms with Gasteiger partial charge in [-0.2, -0.15) is 18.4 Å². The van der Waals surface area contributed by atoms with Gasteiger partial charge < -0.3 is 15.5 Å². The maximum absolute atomic E-state index is 14.0. The average Bonchev–Trinajstić information content (AvgIpc) is 2.72. The van der Waals surface area contributed by atoms with Crippen LogP contribution >= 0.6 is 0 Å². The quantitative estimate of drug-likeness (QED) is 0.773. The molecule has 0 aliphatic carbocycles. The molecule has 0 aromatic heterocycles. The molecule has 2 aromatic carbocycles. The van der Waals surface area contributed by atoms with Crippen molar-refractivity contribution in [3.63, 3.8) is 0 Å². The zero-order valence-corrected chi connectivity index (χ0v) is 15.5. The van der Waals surface area contributed by atoms with E-state index >= 15 is 0 Å². The van der Waals surface area contributed by atoms with E-state index in [4.69, 9.17) is 11.0 Å². The maximum atomic E-state index is 14.0. The Morgan fingerprint density at radius 3 is 2.43 bits per heavy atom. The molecule has 0 radical (unpaired) electrons. The minimum absolute atomic E-state index is 0.0534. The van der Waals surface area contributed by atoms with Crippen LogP contribution in [0.2, 0.25) is 0 Å². The second-order valence-electron chi connectivity index (χ2n) is 6.68. The maximum Gasteiger partial charge on any atom is 0.417 e. The number of amides is 2. The van der Waals surface area contributed by atoms with Crippen LogP contribution in [0.15, 0.2) is 42.5 Å². The van der Waals surface area contributed by atoms with Gasteiger partial charge in [0.1, 0.15) is 11.9 Å². The zero-order valence-electron chi connectivity index (χ0n) is 15.5. The predicted molar refractivity (Wildman–Crippen MR) is 98.8 cm³/mol. The van der Waals surface area contributed by atoms with Crippen molar-refractivity contribution in [2.45, 2.75) is 12.2 Å². The molecular formula is C20H16F4N4O2. The Morgan fingerprint density at radius 2 is 1.83 bits per heavy atom. The molecule has 1 fully saturated rings. The highest BCUT2D eigenvalue weighted by atomic mass is 19.4. The number of carbonyl (C=O) groups is 2. The summed E-state index contributed by atoms with van der Waals surface area (Å²) in [5.41, 5.74) is 3.71. The minimum atomic E-state index is -4.73. The van der Waals surface area contributed by atoms with E-state index in [-0.39, 0.29) is 30.9 Å². The third-order valence-electron chi connectivity index (χ3n) is 4.87. The van der Waals surface area contributed by atoms with Crippen LogP contribution < -0.4 is 10.6 Å². The molecule has 1 aliphatic heterocycles. The smallest absolute Gasteiger partial charge is 0.368 e. The number of carbonyl (C=O) groups excluding carboxylic acids is 2. The third-order valence-corrected chi connectivity index (χ3v) is 4.87.